The van der Waals surface area contributed by atoms with E-state index in [9.17, 15) is 13.8 Å². The molecule has 0 bridgehead atoms. The van der Waals surface area contributed by atoms with Crippen molar-refractivity contribution in [3.8, 4) is 5.75 Å². The van der Waals surface area contributed by atoms with E-state index in [4.69, 9.17) is 18.9 Å². The zero-order valence-corrected chi connectivity index (χ0v) is 19.7. The van der Waals surface area contributed by atoms with E-state index in [2.05, 4.69) is 4.98 Å². The van der Waals surface area contributed by atoms with E-state index in [0.29, 0.717) is 10.6 Å². The molecule has 1 fully saturated rings. The number of nitrogens with one attached hydrogen (secondary N) is 1. The second-order valence-corrected chi connectivity index (χ2v) is 9.56. The van der Waals surface area contributed by atoms with E-state index in [0.717, 1.165) is 0 Å². The van der Waals surface area contributed by atoms with Crippen molar-refractivity contribution >= 4 is 10.8 Å². The van der Waals surface area contributed by atoms with Gasteiger partial charge in [-0.2, -0.15) is 0 Å². The molecule has 1 N–H and O–H groups in total. The lowest BCUT2D eigenvalue weighted by Gasteiger charge is -2.28. The maximum atomic E-state index is 13.1. The fourth-order valence-electron chi connectivity index (χ4n) is 3.60. The summed E-state index contributed by atoms with van der Waals surface area (Å²) in [4.78, 5) is 26.9. The van der Waals surface area contributed by atoms with Gasteiger partial charge in [0.2, 0.25) is 0 Å². The number of hydrogen-bond donors (Lipinski definition) is 1. The topological polar surface area (TPSA) is 109 Å². The van der Waals surface area contributed by atoms with Crippen LogP contribution in [0.1, 0.15) is 33.9 Å². The molecule has 0 saturated carbocycles. The molecule has 2 aromatic rings. The van der Waals surface area contributed by atoms with Gasteiger partial charge in [-0.1, -0.05) is 0 Å². The van der Waals surface area contributed by atoms with Gasteiger partial charge in [-0.15, -0.1) is 0 Å². The Kier molecular flexibility index (Phi) is 8.05. The van der Waals surface area contributed by atoms with Crippen molar-refractivity contribution in [2.75, 3.05) is 12.9 Å². The first-order valence-corrected chi connectivity index (χ1v) is 11.8. The average molecular weight is 467 g/mol. The molecule has 1 aliphatic heterocycles. The highest BCUT2D eigenvalue weighted by Gasteiger charge is 2.49. The number of rotatable bonds is 9. The van der Waals surface area contributed by atoms with E-state index in [1.54, 1.807) is 31.4 Å². The summed E-state index contributed by atoms with van der Waals surface area (Å²) in [5, 5.41) is 0. The fraction of sp³-hybridized carbons (Fsp3) is 0.545. The van der Waals surface area contributed by atoms with Gasteiger partial charge in [0.1, 0.15) is 24.1 Å². The largest absolute Gasteiger partial charge is 0.497 e. The van der Waals surface area contributed by atoms with Gasteiger partial charge < -0.3 is 18.9 Å². The van der Waals surface area contributed by atoms with Crippen molar-refractivity contribution in [2.45, 2.75) is 69.3 Å². The van der Waals surface area contributed by atoms with Gasteiger partial charge >= 0.3 is 5.69 Å². The van der Waals surface area contributed by atoms with Crippen LogP contribution in [0.4, 0.5) is 0 Å². The van der Waals surface area contributed by atoms with Gasteiger partial charge in [-0.3, -0.25) is 18.6 Å². The highest BCUT2D eigenvalue weighted by Crippen LogP contribution is 2.35. The molecule has 176 valence electrons. The number of nitrogens with zero attached hydrogens (tertiary/aromatic N) is 1. The first-order chi connectivity index (χ1) is 15.2. The maximum absolute atomic E-state index is 13.1. The molecule has 32 heavy (non-hydrogen) atoms. The predicted molar refractivity (Wildman–Crippen MR) is 120 cm³/mol. The second-order valence-electron chi connectivity index (χ2n) is 8.07. The van der Waals surface area contributed by atoms with Crippen LogP contribution in [0.15, 0.2) is 51.0 Å². The Hall–Kier alpha value is -2.27. The highest BCUT2D eigenvalue weighted by molar-refractivity contribution is 7.85. The molecule has 0 spiro atoms. The Balaban J connectivity index is 1.92. The molecule has 1 unspecified atom stereocenters. The Bertz CT molecular complexity index is 1030. The van der Waals surface area contributed by atoms with Gasteiger partial charge in [0.25, 0.3) is 5.56 Å². The van der Waals surface area contributed by atoms with Crippen LogP contribution in [-0.4, -0.2) is 57.1 Å². The number of benzene rings is 1. The first-order valence-electron chi connectivity index (χ1n) is 10.5. The number of ether oxygens (including phenoxy) is 4. The molecule has 1 aromatic carbocycles. The number of H-pyrrole nitrogens is 1. The molecular weight excluding hydrogens is 436 g/mol. The van der Waals surface area contributed by atoms with Crippen LogP contribution in [-0.2, 0) is 25.0 Å². The predicted octanol–water partition coefficient (Wildman–Crippen LogP) is 1.84. The van der Waals surface area contributed by atoms with E-state index in [1.165, 1.54) is 16.8 Å². The zero-order valence-electron chi connectivity index (χ0n) is 18.8. The summed E-state index contributed by atoms with van der Waals surface area (Å²) in [6.07, 6.45) is -1.60. The minimum atomic E-state index is -1.39. The lowest BCUT2D eigenvalue weighted by molar-refractivity contribution is -0.113. The molecule has 9 nitrogen and oxygen atoms in total. The number of aromatic nitrogens is 2. The summed E-state index contributed by atoms with van der Waals surface area (Å²) >= 11 is 0. The van der Waals surface area contributed by atoms with E-state index < -0.39 is 46.6 Å². The third-order valence-electron chi connectivity index (χ3n) is 4.91. The summed E-state index contributed by atoms with van der Waals surface area (Å²) in [6, 6.07) is 8.23. The average Bonchev–Trinajstić information content (AvgIpc) is 3.03. The van der Waals surface area contributed by atoms with Gasteiger partial charge in [0.15, 0.2) is 6.23 Å². The molecular formula is C22H30N2O7S. The molecule has 1 aromatic heterocycles. The first kappa shape index (κ1) is 24.4. The molecule has 2 heterocycles. The van der Waals surface area contributed by atoms with Gasteiger partial charge in [0.05, 0.1) is 35.9 Å². The maximum Gasteiger partial charge on any atom is 0.330 e. The van der Waals surface area contributed by atoms with Crippen LogP contribution in [0.25, 0.3) is 0 Å². The Labute approximate surface area is 189 Å². The van der Waals surface area contributed by atoms with Crippen molar-refractivity contribution in [1.82, 2.24) is 9.55 Å². The summed E-state index contributed by atoms with van der Waals surface area (Å²) in [7, 11) is 0.181. The minimum Gasteiger partial charge on any atom is -0.497 e. The third kappa shape index (κ3) is 5.74. The molecule has 10 heteroatoms. The Morgan fingerprint density at radius 1 is 1.03 bits per heavy atom. The molecule has 0 radical (unpaired) electrons. The quantitative estimate of drug-likeness (QED) is 0.601. The van der Waals surface area contributed by atoms with Crippen LogP contribution in [0.2, 0.25) is 0 Å². The smallest absolute Gasteiger partial charge is 0.330 e. The van der Waals surface area contributed by atoms with Crippen molar-refractivity contribution in [3.05, 3.63) is 57.4 Å². The van der Waals surface area contributed by atoms with Gasteiger partial charge in [0, 0.05) is 17.2 Å². The molecule has 0 aliphatic carbocycles. The minimum absolute atomic E-state index is 0.148. The zero-order chi connectivity index (χ0) is 23.4. The van der Waals surface area contributed by atoms with Crippen molar-refractivity contribution in [1.29, 1.82) is 0 Å². The lowest BCUT2D eigenvalue weighted by Crippen LogP contribution is -2.43. The Morgan fingerprint density at radius 2 is 1.66 bits per heavy atom. The van der Waals surface area contributed by atoms with Crippen molar-refractivity contribution in [2.24, 2.45) is 0 Å². The number of hydrogen-bond acceptors (Lipinski definition) is 7. The Morgan fingerprint density at radius 3 is 2.22 bits per heavy atom. The normalized spacial score (nSPS) is 24.2. The van der Waals surface area contributed by atoms with Gasteiger partial charge in [-0.05, 0) is 52.0 Å². The van der Waals surface area contributed by atoms with Crippen LogP contribution in [0.5, 0.6) is 5.75 Å². The number of aromatic amines is 1. The SMILES string of the molecule is COc1ccc(S(=O)C[C@H]2O[C@@H](n3ccc(=O)[nH]c3=O)[C@H](OC(C)C)[C@@H]2OC(C)C)cc1. The van der Waals surface area contributed by atoms with Crippen LogP contribution in [0.3, 0.4) is 0 Å². The van der Waals surface area contributed by atoms with Gasteiger partial charge in [-0.25, -0.2) is 4.79 Å². The van der Waals surface area contributed by atoms with E-state index >= 15 is 0 Å². The molecule has 3 rings (SSSR count). The summed E-state index contributed by atoms with van der Waals surface area (Å²) in [6.45, 7) is 7.54. The fourth-order valence-corrected chi connectivity index (χ4v) is 4.80. The molecule has 5 atom stereocenters. The van der Waals surface area contributed by atoms with Crippen molar-refractivity contribution in [3.63, 3.8) is 0 Å². The van der Waals surface area contributed by atoms with E-state index in [-0.39, 0.29) is 18.0 Å². The van der Waals surface area contributed by atoms with Crippen molar-refractivity contribution < 1.29 is 23.2 Å². The summed E-state index contributed by atoms with van der Waals surface area (Å²) < 4.78 is 38.0. The second kappa shape index (κ2) is 10.6. The summed E-state index contributed by atoms with van der Waals surface area (Å²) in [5.74, 6) is 0.822. The molecule has 1 saturated heterocycles. The van der Waals surface area contributed by atoms with Crippen LogP contribution in [0, 0.1) is 0 Å². The third-order valence-corrected chi connectivity index (χ3v) is 6.34. The standard InChI is InChI=1S/C22H30N2O7S/c1-13(2)29-19-17(12-32(27)16-8-6-15(28-5)7-9-16)31-21(20(19)30-14(3)4)24-11-10-18(25)23-22(24)26/h6-11,13-14,17,19-21H,12H2,1-5H3,(H,23,25,26)/t17-,19-,20-,21-,32?/m1/s1. The molecule has 0 amide bonds. The molecule has 1 aliphatic rings. The monoisotopic (exact) mass is 466 g/mol. The van der Waals surface area contributed by atoms with E-state index in [1.807, 2.05) is 27.7 Å². The van der Waals surface area contributed by atoms with Crippen LogP contribution < -0.4 is 16.0 Å². The summed E-state index contributed by atoms with van der Waals surface area (Å²) in [5.41, 5.74) is -1.11. The number of methoxy groups -OCH3 is 1. The highest BCUT2D eigenvalue weighted by atomic mass is 32.2. The lowest BCUT2D eigenvalue weighted by atomic mass is 10.1. The van der Waals surface area contributed by atoms with Crippen LogP contribution >= 0.6 is 0 Å².